The third-order valence-corrected chi connectivity index (χ3v) is 1.13. The number of carboxylic acid groups (broad SMARTS) is 1. The maximum Gasteiger partial charge on any atom is 0.353 e. The average molecular weight is 173 g/mol. The van der Waals surface area contributed by atoms with Gasteiger partial charge < -0.3 is 15.8 Å². The summed E-state index contributed by atoms with van der Waals surface area (Å²) in [5.74, 6) is 4.64. The highest BCUT2D eigenvalue weighted by Gasteiger charge is 2.03. The molecule has 0 aliphatic carbocycles. The Labute approximate surface area is 71.6 Å². The van der Waals surface area contributed by atoms with Crippen LogP contribution in [0.2, 0.25) is 0 Å². The quantitative estimate of drug-likeness (QED) is 0.308. The zero-order valence-corrected chi connectivity index (χ0v) is 7.32. The Morgan fingerprint density at radius 1 is 1.67 bits per heavy atom. The van der Waals surface area contributed by atoms with Gasteiger partial charge in [0.2, 0.25) is 0 Å². The molecule has 0 rings (SSSR count). The van der Waals surface area contributed by atoms with E-state index in [1.165, 1.54) is 11.2 Å². The SMILES string of the molecule is CC(C)CN(N)/C=C(\N)C(=O)O. The van der Waals surface area contributed by atoms with Crippen LogP contribution in [0, 0.1) is 5.92 Å². The number of nitrogens with zero attached hydrogens (tertiary/aromatic N) is 1. The van der Waals surface area contributed by atoms with Gasteiger partial charge in [-0.2, -0.15) is 0 Å². The Morgan fingerprint density at radius 2 is 2.17 bits per heavy atom. The Morgan fingerprint density at radius 3 is 2.50 bits per heavy atom. The third-order valence-electron chi connectivity index (χ3n) is 1.13. The lowest BCUT2D eigenvalue weighted by Gasteiger charge is -2.15. The summed E-state index contributed by atoms with van der Waals surface area (Å²) in [6.07, 6.45) is 1.21. The van der Waals surface area contributed by atoms with Crippen LogP contribution in [0.5, 0.6) is 0 Å². The van der Waals surface area contributed by atoms with Crippen LogP contribution in [0.4, 0.5) is 0 Å². The van der Waals surface area contributed by atoms with Crippen molar-refractivity contribution in [3.8, 4) is 0 Å². The van der Waals surface area contributed by atoms with Gasteiger partial charge in [-0.15, -0.1) is 0 Å². The molecule has 0 aromatic rings. The summed E-state index contributed by atoms with van der Waals surface area (Å²) in [5.41, 5.74) is 4.88. The molecule has 5 heteroatoms. The molecule has 0 spiro atoms. The van der Waals surface area contributed by atoms with E-state index in [0.29, 0.717) is 12.5 Å². The van der Waals surface area contributed by atoms with E-state index in [2.05, 4.69) is 0 Å². The van der Waals surface area contributed by atoms with Gasteiger partial charge in [-0.3, -0.25) is 0 Å². The molecule has 5 N–H and O–H groups in total. The molecule has 0 radical (unpaired) electrons. The van der Waals surface area contributed by atoms with Crippen LogP contribution < -0.4 is 11.6 Å². The number of aliphatic carboxylic acids is 1. The average Bonchev–Trinajstić information content (AvgIpc) is 1.84. The van der Waals surface area contributed by atoms with Gasteiger partial charge >= 0.3 is 5.97 Å². The van der Waals surface area contributed by atoms with E-state index in [-0.39, 0.29) is 5.70 Å². The molecule has 0 unspecified atom stereocenters. The second kappa shape index (κ2) is 4.61. The van der Waals surface area contributed by atoms with E-state index < -0.39 is 5.97 Å². The molecule has 0 aromatic carbocycles. The molecule has 70 valence electrons. The van der Waals surface area contributed by atoms with Crippen molar-refractivity contribution in [3.63, 3.8) is 0 Å². The summed E-state index contributed by atoms with van der Waals surface area (Å²) >= 11 is 0. The van der Waals surface area contributed by atoms with Gasteiger partial charge in [-0.1, -0.05) is 13.8 Å². The first-order valence-corrected chi connectivity index (χ1v) is 3.65. The summed E-state index contributed by atoms with van der Waals surface area (Å²) in [6, 6.07) is 0. The van der Waals surface area contributed by atoms with Gasteiger partial charge in [0.25, 0.3) is 0 Å². The van der Waals surface area contributed by atoms with Crippen LogP contribution in [-0.4, -0.2) is 22.6 Å². The molecular formula is C7H15N3O2. The van der Waals surface area contributed by atoms with E-state index in [4.69, 9.17) is 16.7 Å². The fraction of sp³-hybridized carbons (Fsp3) is 0.571. The van der Waals surface area contributed by atoms with Gasteiger partial charge in [0.15, 0.2) is 0 Å². The van der Waals surface area contributed by atoms with Crippen molar-refractivity contribution in [1.29, 1.82) is 0 Å². The second-order valence-corrected chi connectivity index (χ2v) is 2.98. The van der Waals surface area contributed by atoms with Crippen LogP contribution in [0.1, 0.15) is 13.8 Å². The minimum atomic E-state index is -1.16. The van der Waals surface area contributed by atoms with Crippen molar-refractivity contribution < 1.29 is 9.90 Å². The highest BCUT2D eigenvalue weighted by atomic mass is 16.4. The molecule has 0 saturated heterocycles. The molecule has 12 heavy (non-hydrogen) atoms. The predicted octanol–water partition coefficient (Wildman–Crippen LogP) is -0.297. The van der Waals surface area contributed by atoms with Gasteiger partial charge in [-0.05, 0) is 5.92 Å². The first-order chi connectivity index (χ1) is 5.43. The van der Waals surface area contributed by atoms with Crippen molar-refractivity contribution in [2.24, 2.45) is 17.5 Å². The van der Waals surface area contributed by atoms with Crippen LogP contribution in [0.15, 0.2) is 11.9 Å². The molecule has 0 saturated carbocycles. The Bertz CT molecular complexity index is 189. The topological polar surface area (TPSA) is 92.6 Å². The van der Waals surface area contributed by atoms with E-state index in [9.17, 15) is 4.79 Å². The lowest BCUT2D eigenvalue weighted by atomic mass is 10.2. The number of hydrogen-bond acceptors (Lipinski definition) is 4. The second-order valence-electron chi connectivity index (χ2n) is 2.98. The first kappa shape index (κ1) is 10.8. The Balaban J connectivity index is 4.05. The fourth-order valence-corrected chi connectivity index (χ4v) is 0.708. The molecular weight excluding hydrogens is 158 g/mol. The summed E-state index contributed by atoms with van der Waals surface area (Å²) in [5, 5.41) is 9.66. The highest BCUT2D eigenvalue weighted by Crippen LogP contribution is 1.95. The number of carbonyl (C=O) groups is 1. The molecule has 0 amide bonds. The summed E-state index contributed by atoms with van der Waals surface area (Å²) in [6.45, 7) is 4.53. The lowest BCUT2D eigenvalue weighted by molar-refractivity contribution is -0.132. The summed E-state index contributed by atoms with van der Waals surface area (Å²) in [4.78, 5) is 10.2. The molecule has 5 nitrogen and oxygen atoms in total. The molecule has 0 heterocycles. The molecule has 0 aliphatic heterocycles. The van der Waals surface area contributed by atoms with Crippen LogP contribution in [-0.2, 0) is 4.79 Å². The van der Waals surface area contributed by atoms with Crippen LogP contribution in [0.25, 0.3) is 0 Å². The maximum atomic E-state index is 10.2. The van der Waals surface area contributed by atoms with Gasteiger partial charge in [0.05, 0.1) is 0 Å². The van der Waals surface area contributed by atoms with Gasteiger partial charge in [-0.25, -0.2) is 10.6 Å². The Kier molecular flexibility index (Phi) is 4.14. The number of hydrazine groups is 1. The zero-order valence-electron chi connectivity index (χ0n) is 7.32. The highest BCUT2D eigenvalue weighted by molar-refractivity contribution is 5.85. The number of hydrogen-bond donors (Lipinski definition) is 3. The number of nitrogens with two attached hydrogens (primary N) is 2. The maximum absolute atomic E-state index is 10.2. The third kappa shape index (κ3) is 4.56. The summed E-state index contributed by atoms with van der Waals surface area (Å²) < 4.78 is 0. The van der Waals surface area contributed by atoms with E-state index in [1.807, 2.05) is 13.8 Å². The largest absolute Gasteiger partial charge is 0.477 e. The van der Waals surface area contributed by atoms with Crippen molar-refractivity contribution in [2.75, 3.05) is 6.54 Å². The van der Waals surface area contributed by atoms with Crippen molar-refractivity contribution in [1.82, 2.24) is 5.01 Å². The minimum absolute atomic E-state index is 0.252. The van der Waals surface area contributed by atoms with Crippen molar-refractivity contribution >= 4 is 5.97 Å². The molecule has 0 atom stereocenters. The van der Waals surface area contributed by atoms with Crippen molar-refractivity contribution in [3.05, 3.63) is 11.9 Å². The normalized spacial score (nSPS) is 11.8. The smallest absolute Gasteiger partial charge is 0.353 e. The first-order valence-electron chi connectivity index (χ1n) is 3.65. The molecule has 0 fully saturated rings. The number of carboxylic acids is 1. The van der Waals surface area contributed by atoms with Crippen molar-refractivity contribution in [2.45, 2.75) is 13.8 Å². The molecule has 0 aromatic heterocycles. The monoisotopic (exact) mass is 173 g/mol. The van der Waals surface area contributed by atoms with Gasteiger partial charge in [0.1, 0.15) is 5.70 Å². The molecule has 0 bridgehead atoms. The molecule has 0 aliphatic rings. The predicted molar refractivity (Wildman–Crippen MR) is 45.6 cm³/mol. The Hall–Kier alpha value is -1.23. The number of rotatable bonds is 4. The zero-order chi connectivity index (χ0) is 9.72. The van der Waals surface area contributed by atoms with Gasteiger partial charge in [0, 0.05) is 12.7 Å². The standard InChI is InChI=1S/C7H15N3O2/c1-5(2)3-10(9)4-6(8)7(11)12/h4-5H,3,8-9H2,1-2H3,(H,11,12)/b6-4-. The van der Waals surface area contributed by atoms with Crippen LogP contribution in [0.3, 0.4) is 0 Å². The van der Waals surface area contributed by atoms with E-state index in [1.54, 1.807) is 0 Å². The summed E-state index contributed by atoms with van der Waals surface area (Å²) in [7, 11) is 0. The minimum Gasteiger partial charge on any atom is -0.477 e. The van der Waals surface area contributed by atoms with E-state index in [0.717, 1.165) is 0 Å². The lowest BCUT2D eigenvalue weighted by Crippen LogP contribution is -2.31. The van der Waals surface area contributed by atoms with Crippen LogP contribution >= 0.6 is 0 Å². The fourth-order valence-electron chi connectivity index (χ4n) is 0.708. The van der Waals surface area contributed by atoms with E-state index >= 15 is 0 Å².